The number of carboxylic acid groups (broad SMARTS) is 1. The van der Waals surface area contributed by atoms with Gasteiger partial charge in [0.1, 0.15) is 39.1 Å². The van der Waals surface area contributed by atoms with Crippen molar-refractivity contribution in [2.75, 3.05) is 0 Å². The van der Waals surface area contributed by atoms with Gasteiger partial charge in [0, 0.05) is 22.6 Å². The van der Waals surface area contributed by atoms with Gasteiger partial charge in [0.15, 0.2) is 5.69 Å². The summed E-state index contributed by atoms with van der Waals surface area (Å²) in [6.07, 6.45) is -0.772. The average molecular weight is 464 g/mol. The number of nitriles is 1. The molecule has 12 heteroatoms. The van der Waals surface area contributed by atoms with Gasteiger partial charge in [0.05, 0.1) is 5.01 Å². The molecule has 0 saturated heterocycles. The fourth-order valence-corrected chi connectivity index (χ4v) is 4.70. The zero-order chi connectivity index (χ0) is 21.9. The van der Waals surface area contributed by atoms with Crippen molar-refractivity contribution in [2.24, 2.45) is 0 Å². The first kappa shape index (κ1) is 21.8. The number of nitrogens with zero attached hydrogens (tertiary/aromatic N) is 4. The summed E-state index contributed by atoms with van der Waals surface area (Å²) < 4.78 is 5.12. The van der Waals surface area contributed by atoms with E-state index in [4.69, 9.17) is 10.00 Å². The van der Waals surface area contributed by atoms with Crippen molar-refractivity contribution >= 4 is 46.1 Å². The summed E-state index contributed by atoms with van der Waals surface area (Å²) in [6.45, 7) is 5.10. The van der Waals surface area contributed by atoms with Gasteiger partial charge in [-0.3, -0.25) is 0 Å². The lowest BCUT2D eigenvalue weighted by Gasteiger charge is -2.21. The molecule has 0 bridgehead atoms. The SMILES string of the molecule is CC(C)(C)OC(=O)N[C@@H](Cc1nc(-c2nc(-c3nc(C#N)cs3)cs2)cs1)C(=O)O. The van der Waals surface area contributed by atoms with E-state index in [-0.39, 0.29) is 6.42 Å². The highest BCUT2D eigenvalue weighted by atomic mass is 32.1. The molecule has 156 valence electrons. The van der Waals surface area contributed by atoms with Crippen molar-refractivity contribution in [1.82, 2.24) is 20.3 Å². The number of carbonyl (C=O) groups excluding carboxylic acids is 1. The first-order valence-corrected chi connectivity index (χ1v) is 11.3. The van der Waals surface area contributed by atoms with Crippen LogP contribution in [0.15, 0.2) is 16.1 Å². The van der Waals surface area contributed by atoms with E-state index in [0.29, 0.717) is 32.1 Å². The molecule has 0 fully saturated rings. The highest BCUT2D eigenvalue weighted by Gasteiger charge is 2.25. The minimum absolute atomic E-state index is 0.0233. The lowest BCUT2D eigenvalue weighted by Crippen LogP contribution is -2.44. The summed E-state index contributed by atoms with van der Waals surface area (Å²) in [5, 5.41) is 27.8. The van der Waals surface area contributed by atoms with Gasteiger partial charge in [0.25, 0.3) is 0 Å². The second-order valence-electron chi connectivity index (χ2n) is 7.06. The van der Waals surface area contributed by atoms with Gasteiger partial charge in [-0.05, 0) is 20.8 Å². The number of carboxylic acids is 1. The summed E-state index contributed by atoms with van der Waals surface area (Å²) >= 11 is 4.01. The molecular weight excluding hydrogens is 446 g/mol. The molecule has 3 aromatic heterocycles. The Balaban J connectivity index is 1.70. The summed E-state index contributed by atoms with van der Waals surface area (Å²) in [4.78, 5) is 36.6. The first-order valence-electron chi connectivity index (χ1n) is 8.63. The molecule has 0 spiro atoms. The quantitative estimate of drug-likeness (QED) is 0.563. The lowest BCUT2D eigenvalue weighted by molar-refractivity contribution is -0.139. The molecule has 2 N–H and O–H groups in total. The summed E-state index contributed by atoms with van der Waals surface area (Å²) in [5.41, 5.74) is 0.892. The molecule has 0 aromatic carbocycles. The van der Waals surface area contributed by atoms with E-state index in [2.05, 4.69) is 20.3 Å². The molecule has 1 atom stereocenters. The molecule has 3 rings (SSSR count). The van der Waals surface area contributed by atoms with Crippen LogP contribution < -0.4 is 5.32 Å². The number of carbonyl (C=O) groups is 2. The third kappa shape index (κ3) is 5.59. The number of hydrogen-bond donors (Lipinski definition) is 2. The highest BCUT2D eigenvalue weighted by molar-refractivity contribution is 7.16. The van der Waals surface area contributed by atoms with Gasteiger partial charge in [-0.25, -0.2) is 24.5 Å². The van der Waals surface area contributed by atoms with E-state index in [1.807, 2.05) is 11.4 Å². The van der Waals surface area contributed by atoms with Crippen LogP contribution in [0.2, 0.25) is 0 Å². The zero-order valence-electron chi connectivity index (χ0n) is 16.2. The average Bonchev–Trinajstić information content (AvgIpc) is 3.38. The third-order valence-electron chi connectivity index (χ3n) is 3.48. The number of hydrogen-bond acceptors (Lipinski definition) is 10. The Hall–Kier alpha value is -2.88. The van der Waals surface area contributed by atoms with Crippen LogP contribution in [-0.2, 0) is 16.0 Å². The Morgan fingerprint density at radius 1 is 1.13 bits per heavy atom. The normalized spacial score (nSPS) is 12.2. The fourth-order valence-electron chi connectivity index (χ4n) is 2.26. The maximum atomic E-state index is 11.9. The van der Waals surface area contributed by atoms with E-state index < -0.39 is 23.7 Å². The fraction of sp³-hybridized carbons (Fsp3) is 0.333. The van der Waals surface area contributed by atoms with E-state index in [9.17, 15) is 14.7 Å². The van der Waals surface area contributed by atoms with Gasteiger partial charge in [-0.15, -0.1) is 34.0 Å². The van der Waals surface area contributed by atoms with Crippen LogP contribution in [0.25, 0.3) is 21.4 Å². The Morgan fingerprint density at radius 3 is 2.40 bits per heavy atom. The second-order valence-corrected chi connectivity index (χ2v) is 9.71. The van der Waals surface area contributed by atoms with E-state index >= 15 is 0 Å². The number of aliphatic carboxylic acids is 1. The van der Waals surface area contributed by atoms with Gasteiger partial charge in [0.2, 0.25) is 0 Å². The van der Waals surface area contributed by atoms with Crippen molar-refractivity contribution in [3.8, 4) is 27.5 Å². The molecule has 0 aliphatic rings. The zero-order valence-corrected chi connectivity index (χ0v) is 18.7. The molecule has 3 aromatic rings. The molecular formula is C18H17N5O4S3. The van der Waals surface area contributed by atoms with Crippen LogP contribution in [0.1, 0.15) is 31.5 Å². The van der Waals surface area contributed by atoms with Crippen molar-refractivity contribution < 1.29 is 19.4 Å². The molecule has 0 aliphatic heterocycles. The Bertz CT molecular complexity index is 1110. The van der Waals surface area contributed by atoms with E-state index in [1.165, 1.54) is 34.0 Å². The molecule has 3 heterocycles. The molecule has 0 aliphatic carbocycles. The predicted molar refractivity (Wildman–Crippen MR) is 114 cm³/mol. The van der Waals surface area contributed by atoms with Gasteiger partial charge in [-0.2, -0.15) is 5.26 Å². The number of alkyl carbamates (subject to hydrolysis) is 1. The predicted octanol–water partition coefficient (Wildman–Crippen LogP) is 3.78. The minimum atomic E-state index is -1.17. The number of thiazole rings is 3. The standard InChI is InChI=1S/C18H17N5O4S3/c1-18(2,3)27-17(26)23-10(16(24)25)4-13-21-11(7-28-13)15-22-12(8-30-15)14-20-9(5-19)6-29-14/h6-8,10H,4H2,1-3H3,(H,23,26)(H,24,25)/t10-/m0/s1. The number of ether oxygens (including phenoxy) is 1. The van der Waals surface area contributed by atoms with Crippen LogP contribution in [0, 0.1) is 11.3 Å². The summed E-state index contributed by atoms with van der Waals surface area (Å²) in [7, 11) is 0. The van der Waals surface area contributed by atoms with Gasteiger partial charge in [-0.1, -0.05) is 0 Å². The maximum absolute atomic E-state index is 11.9. The van der Waals surface area contributed by atoms with Crippen molar-refractivity contribution in [1.29, 1.82) is 5.26 Å². The molecule has 30 heavy (non-hydrogen) atoms. The summed E-state index contributed by atoms with van der Waals surface area (Å²) in [5.74, 6) is -1.17. The van der Waals surface area contributed by atoms with Crippen LogP contribution in [0.3, 0.4) is 0 Å². The topological polar surface area (TPSA) is 138 Å². The van der Waals surface area contributed by atoms with Crippen molar-refractivity contribution in [3.63, 3.8) is 0 Å². The molecule has 0 saturated carbocycles. The number of aromatic nitrogens is 3. The van der Waals surface area contributed by atoms with Gasteiger partial charge < -0.3 is 15.2 Å². The third-order valence-corrected chi connectivity index (χ3v) is 6.08. The summed E-state index contributed by atoms with van der Waals surface area (Å²) in [6, 6.07) is 0.828. The molecule has 0 unspecified atom stereocenters. The Morgan fingerprint density at radius 2 is 1.77 bits per heavy atom. The van der Waals surface area contributed by atoms with Crippen LogP contribution in [0.4, 0.5) is 4.79 Å². The molecule has 9 nitrogen and oxygen atoms in total. The Labute approximate surface area is 184 Å². The minimum Gasteiger partial charge on any atom is -0.480 e. The Kier molecular flexibility index (Phi) is 6.45. The number of nitrogens with one attached hydrogen (secondary N) is 1. The van der Waals surface area contributed by atoms with Crippen molar-refractivity contribution in [2.45, 2.75) is 38.8 Å². The van der Waals surface area contributed by atoms with Crippen LogP contribution >= 0.6 is 34.0 Å². The highest BCUT2D eigenvalue weighted by Crippen LogP contribution is 2.31. The van der Waals surface area contributed by atoms with Crippen LogP contribution in [-0.4, -0.2) is 43.8 Å². The second kappa shape index (κ2) is 8.86. The molecule has 1 amide bonds. The number of amides is 1. The first-order chi connectivity index (χ1) is 14.1. The largest absolute Gasteiger partial charge is 0.480 e. The smallest absolute Gasteiger partial charge is 0.408 e. The van der Waals surface area contributed by atoms with Crippen molar-refractivity contribution in [3.05, 3.63) is 26.8 Å². The van der Waals surface area contributed by atoms with E-state index in [0.717, 1.165) is 0 Å². The van der Waals surface area contributed by atoms with Gasteiger partial charge >= 0.3 is 12.1 Å². The number of rotatable bonds is 6. The molecule has 0 radical (unpaired) electrons. The monoisotopic (exact) mass is 463 g/mol. The van der Waals surface area contributed by atoms with E-state index in [1.54, 1.807) is 31.5 Å². The maximum Gasteiger partial charge on any atom is 0.408 e. The van der Waals surface area contributed by atoms with Crippen LogP contribution in [0.5, 0.6) is 0 Å². The lowest BCUT2D eigenvalue weighted by atomic mass is 10.2.